The fourth-order valence-corrected chi connectivity index (χ4v) is 5.95. The molecule has 0 bridgehead atoms. The quantitative estimate of drug-likeness (QED) is 0.367. The predicted molar refractivity (Wildman–Crippen MR) is 125 cm³/mol. The number of carbonyl (C=O) groups is 3. The maximum absolute atomic E-state index is 13.1. The molecule has 0 fully saturated rings. The zero-order valence-corrected chi connectivity index (χ0v) is 17.6. The van der Waals surface area contributed by atoms with E-state index in [1.807, 2.05) is 30.3 Å². The Kier molecular flexibility index (Phi) is 3.48. The first kappa shape index (κ1) is 18.4. The van der Waals surface area contributed by atoms with E-state index < -0.39 is 5.97 Å². The Bertz CT molecular complexity index is 1740. The number of aliphatic carboxylic acids is 1. The number of aromatic amines is 1. The van der Waals surface area contributed by atoms with Crippen LogP contribution in [0, 0.1) is 0 Å². The summed E-state index contributed by atoms with van der Waals surface area (Å²) in [6, 6.07) is 11.9. The summed E-state index contributed by atoms with van der Waals surface area (Å²) in [5, 5.41) is 15.1. The molecule has 0 saturated heterocycles. The van der Waals surface area contributed by atoms with Crippen LogP contribution in [0.15, 0.2) is 36.4 Å². The third-order valence-electron chi connectivity index (χ3n) is 7.19. The van der Waals surface area contributed by atoms with E-state index in [0.717, 1.165) is 68.6 Å². The molecule has 3 N–H and O–H groups in total. The number of aryl methyl sites for hydroxylation is 3. The number of carboxylic acid groups (broad SMARTS) is 1. The van der Waals surface area contributed by atoms with Gasteiger partial charge in [-0.1, -0.05) is 36.4 Å². The van der Waals surface area contributed by atoms with E-state index in [1.54, 1.807) is 0 Å². The average Bonchev–Trinajstić information content (AvgIpc) is 3.44. The third kappa shape index (κ3) is 2.26. The molecule has 0 saturated carbocycles. The van der Waals surface area contributed by atoms with Crippen LogP contribution in [0.4, 0.5) is 0 Å². The van der Waals surface area contributed by atoms with Crippen molar-refractivity contribution in [2.75, 3.05) is 0 Å². The van der Waals surface area contributed by atoms with Crippen molar-refractivity contribution < 1.29 is 19.5 Å². The van der Waals surface area contributed by atoms with Gasteiger partial charge in [0, 0.05) is 40.0 Å². The van der Waals surface area contributed by atoms with Crippen LogP contribution in [-0.4, -0.2) is 32.4 Å². The lowest BCUT2D eigenvalue weighted by Crippen LogP contribution is -2.20. The molecule has 33 heavy (non-hydrogen) atoms. The summed E-state index contributed by atoms with van der Waals surface area (Å²) in [6.07, 6.45) is 2.38. The molecule has 4 heterocycles. The molecule has 7 rings (SSSR count). The molecule has 0 aliphatic carbocycles. The number of amides is 2. The van der Waals surface area contributed by atoms with Gasteiger partial charge >= 0.3 is 5.97 Å². The van der Waals surface area contributed by atoms with Gasteiger partial charge in [-0.25, -0.2) is 0 Å². The van der Waals surface area contributed by atoms with Crippen LogP contribution >= 0.6 is 0 Å². The highest BCUT2D eigenvalue weighted by Crippen LogP contribution is 2.45. The first-order valence-corrected chi connectivity index (χ1v) is 11.1. The lowest BCUT2D eigenvalue weighted by Gasteiger charge is -2.16. The van der Waals surface area contributed by atoms with Gasteiger partial charge in [-0.05, 0) is 30.4 Å². The maximum Gasteiger partial charge on any atom is 0.303 e. The molecule has 3 aromatic carbocycles. The van der Waals surface area contributed by atoms with Crippen molar-refractivity contribution in [3.8, 4) is 0 Å². The highest BCUT2D eigenvalue weighted by molar-refractivity contribution is 6.39. The Labute approximate surface area is 187 Å². The van der Waals surface area contributed by atoms with Gasteiger partial charge in [0.1, 0.15) is 0 Å². The number of rotatable bonds is 3. The Morgan fingerprint density at radius 3 is 2.52 bits per heavy atom. The number of carboxylic acids is 1. The number of carbonyl (C=O) groups excluding carboxylic acids is 2. The van der Waals surface area contributed by atoms with Gasteiger partial charge in [-0.2, -0.15) is 0 Å². The molecule has 0 atom stereocenters. The molecule has 0 unspecified atom stereocenters. The van der Waals surface area contributed by atoms with Crippen molar-refractivity contribution >= 4 is 61.4 Å². The Morgan fingerprint density at radius 1 is 0.939 bits per heavy atom. The summed E-state index contributed by atoms with van der Waals surface area (Å²) in [4.78, 5) is 40.9. The van der Waals surface area contributed by atoms with E-state index in [-0.39, 0.29) is 18.2 Å². The van der Waals surface area contributed by atoms with E-state index in [2.05, 4.69) is 20.9 Å². The van der Waals surface area contributed by atoms with Crippen LogP contribution in [0.3, 0.4) is 0 Å². The third-order valence-corrected chi connectivity index (χ3v) is 7.19. The molecular weight excluding hydrogens is 418 g/mol. The van der Waals surface area contributed by atoms with Crippen molar-refractivity contribution in [1.82, 2.24) is 14.9 Å². The molecule has 2 aromatic heterocycles. The van der Waals surface area contributed by atoms with Gasteiger partial charge in [0.15, 0.2) is 0 Å². The minimum atomic E-state index is -0.855. The highest BCUT2D eigenvalue weighted by atomic mass is 16.4. The van der Waals surface area contributed by atoms with Crippen LogP contribution in [-0.2, 0) is 24.2 Å². The van der Waals surface area contributed by atoms with Crippen LogP contribution in [0.5, 0.6) is 0 Å². The Balaban J connectivity index is 1.73. The molecule has 0 radical (unpaired) electrons. The average molecular weight is 437 g/mol. The molecular formula is C26H19N3O4. The second kappa shape index (κ2) is 6.22. The monoisotopic (exact) mass is 437 g/mol. The van der Waals surface area contributed by atoms with Gasteiger partial charge in [-0.15, -0.1) is 0 Å². The first-order valence-electron chi connectivity index (χ1n) is 11.1. The number of nitrogens with zero attached hydrogens (tertiary/aromatic N) is 1. The van der Waals surface area contributed by atoms with E-state index in [4.69, 9.17) is 0 Å². The number of fused-ring (bicyclic) bond motifs is 10. The molecule has 7 nitrogen and oxygen atoms in total. The van der Waals surface area contributed by atoms with Crippen molar-refractivity contribution in [1.29, 1.82) is 0 Å². The first-order chi connectivity index (χ1) is 16.0. The maximum atomic E-state index is 13.1. The van der Waals surface area contributed by atoms with E-state index in [0.29, 0.717) is 17.5 Å². The molecule has 0 spiro atoms. The standard InChI is InChI=1S/C26H19N3O4/c30-16(31)10-9-12-4-1-7-14-17-19-20(26(33)28-25(19)32)18-15-8-2-5-13-6-3-11-29(23(13)15)24(18)22(17)27-21(12)14/h1-2,4-5,7-8,27H,3,6,9-11H2,(H,30,31)(H,28,32,33). The molecule has 162 valence electrons. The second-order valence-corrected chi connectivity index (χ2v) is 8.93. The zero-order valence-electron chi connectivity index (χ0n) is 17.6. The van der Waals surface area contributed by atoms with Crippen LogP contribution in [0.25, 0.3) is 43.6 Å². The van der Waals surface area contributed by atoms with Crippen LogP contribution in [0.1, 0.15) is 44.7 Å². The second-order valence-electron chi connectivity index (χ2n) is 8.93. The van der Waals surface area contributed by atoms with E-state index in [1.165, 1.54) is 5.56 Å². The molecule has 2 amide bonds. The van der Waals surface area contributed by atoms with E-state index in [9.17, 15) is 19.5 Å². The van der Waals surface area contributed by atoms with Crippen molar-refractivity contribution in [3.63, 3.8) is 0 Å². The van der Waals surface area contributed by atoms with Crippen molar-refractivity contribution in [3.05, 3.63) is 58.7 Å². The number of hydrogen-bond acceptors (Lipinski definition) is 3. The molecule has 2 aliphatic rings. The number of para-hydroxylation sites is 2. The lowest BCUT2D eigenvalue weighted by atomic mass is 9.95. The number of nitrogens with one attached hydrogen (secondary N) is 2. The van der Waals surface area contributed by atoms with Crippen LogP contribution < -0.4 is 5.32 Å². The predicted octanol–water partition coefficient (Wildman–Crippen LogP) is 4.28. The van der Waals surface area contributed by atoms with Gasteiger partial charge in [-0.3, -0.25) is 19.7 Å². The number of benzene rings is 3. The van der Waals surface area contributed by atoms with Gasteiger partial charge in [0.25, 0.3) is 11.8 Å². The van der Waals surface area contributed by atoms with Gasteiger partial charge in [0.2, 0.25) is 0 Å². The lowest BCUT2D eigenvalue weighted by molar-refractivity contribution is -0.136. The summed E-state index contributed by atoms with van der Waals surface area (Å²) in [5.74, 6) is -1.60. The topological polar surface area (TPSA) is 104 Å². The summed E-state index contributed by atoms with van der Waals surface area (Å²) >= 11 is 0. The normalized spacial score (nSPS) is 15.2. The number of H-pyrrole nitrogens is 1. The van der Waals surface area contributed by atoms with Crippen LogP contribution in [0.2, 0.25) is 0 Å². The Morgan fingerprint density at radius 2 is 1.70 bits per heavy atom. The van der Waals surface area contributed by atoms with Gasteiger partial charge in [0.05, 0.1) is 27.7 Å². The smallest absolute Gasteiger partial charge is 0.303 e. The summed E-state index contributed by atoms with van der Waals surface area (Å²) < 4.78 is 2.29. The molecule has 7 heteroatoms. The zero-order chi connectivity index (χ0) is 22.4. The van der Waals surface area contributed by atoms with Crippen molar-refractivity contribution in [2.45, 2.75) is 32.2 Å². The number of imide groups is 1. The highest BCUT2D eigenvalue weighted by Gasteiger charge is 2.36. The van der Waals surface area contributed by atoms with E-state index >= 15 is 0 Å². The summed E-state index contributed by atoms with van der Waals surface area (Å²) in [6.45, 7) is 0.835. The fourth-order valence-electron chi connectivity index (χ4n) is 5.95. The number of aromatic nitrogens is 2. The SMILES string of the molecule is O=C(O)CCc1cccc2c1[nH]c1c2c2c(c3c4cccc5c4n(c13)CCC5)C(=O)NC2=O. The molecule has 5 aromatic rings. The fraction of sp³-hybridized carbons (Fsp3) is 0.192. The largest absolute Gasteiger partial charge is 0.481 e. The summed E-state index contributed by atoms with van der Waals surface area (Å²) in [7, 11) is 0. The number of hydrogen-bond donors (Lipinski definition) is 3. The van der Waals surface area contributed by atoms with Crippen molar-refractivity contribution in [2.24, 2.45) is 0 Å². The summed E-state index contributed by atoms with van der Waals surface area (Å²) in [5.41, 5.74) is 6.71. The van der Waals surface area contributed by atoms with Gasteiger partial charge < -0.3 is 14.7 Å². The molecule has 2 aliphatic heterocycles. The minimum absolute atomic E-state index is 0.0184. The Hall–Kier alpha value is -4.13. The minimum Gasteiger partial charge on any atom is -0.481 e.